The highest BCUT2D eigenvalue weighted by Gasteiger charge is 2.22. The van der Waals surface area contributed by atoms with Crippen LogP contribution in [-0.4, -0.2) is 0 Å². The normalized spacial score (nSPS) is 11.1. The van der Waals surface area contributed by atoms with Crippen LogP contribution in [0, 0.1) is 145 Å². The molecule has 11 aromatic rings. The van der Waals surface area contributed by atoms with Gasteiger partial charge in [-0.1, -0.05) is 230 Å². The van der Waals surface area contributed by atoms with E-state index in [9.17, 15) is 0 Å². The molecular weight excluding hydrogens is 1260 g/mol. The van der Waals surface area contributed by atoms with E-state index in [4.69, 9.17) is 9.47 Å². The molecule has 2 heteroatoms. The average molecular weight is 1380 g/mol. The molecule has 11 aromatic carbocycles. The quantitative estimate of drug-likeness (QED) is 0.115. The second kappa shape index (κ2) is 36.1. The Labute approximate surface area is 631 Å². The molecule has 0 saturated carbocycles. The number of hydrogen-bond acceptors (Lipinski definition) is 2. The molecule has 0 aromatic heterocycles. The SMILES string of the molecule is Cc1cc(C(C)C)cc(C)c1C.Cc1cc(C)c(-c2cc(-c3c(C)cc(C)cc3C)cc(C(C)C)c2)c(C)c1.Cc1cc(C)c(C(C)C)c(C)c1.Cc1cc(C)c(Oc2ccc(C(C)C)cc2)c(C)c1.Cc1cc(C)cc(Oc2c(-c3ccc(C)cc3C)cc(C(C)C)cc2-c2ccc(C)cc2C)c1. The van der Waals surface area contributed by atoms with E-state index in [0.717, 1.165) is 34.1 Å². The van der Waals surface area contributed by atoms with Crippen LogP contribution >= 0.6 is 0 Å². The maximum Gasteiger partial charge on any atom is 0.143 e. The van der Waals surface area contributed by atoms with Gasteiger partial charge >= 0.3 is 0 Å². The van der Waals surface area contributed by atoms with Crippen LogP contribution in [0.2, 0.25) is 0 Å². The molecule has 11 rings (SSSR count). The summed E-state index contributed by atoms with van der Waals surface area (Å²) in [6.45, 7) is 68.1. The van der Waals surface area contributed by atoms with Gasteiger partial charge in [0.25, 0.3) is 0 Å². The van der Waals surface area contributed by atoms with E-state index in [1.807, 2.05) is 12.1 Å². The molecule has 2 nitrogen and oxygen atoms in total. The highest BCUT2D eigenvalue weighted by molar-refractivity contribution is 5.87. The van der Waals surface area contributed by atoms with Gasteiger partial charge in [0.1, 0.15) is 23.0 Å². The first-order valence-corrected chi connectivity index (χ1v) is 38.2. The standard InChI is InChI=1S/C33H36O.C27H32.C18H22O.2C12H18/c1-20(2)27-18-31(29-11-9-21(3)14-25(29)7)33(34-28-16-23(5)13-24(6)17-28)32(19-27)30-12-10-22(4)15-26(30)8;1-16(2)23-13-24(26-19(5)9-17(3)10-20(26)6)15-25(14-23)27-21(7)11-18(4)12-22(27)8;1-12(2)16-6-8-17(9-7-16)19-18-14(4)10-13(3)11-15(18)5;1-8(2)12-6-9(3)11(5)10(4)7-12;1-8(2)12-10(4)6-9(3)7-11(12)5/h9-20H,1-8H3;9-16H,1-8H3;6-12H,1-5H3;2*6-8H,1-5H3. The van der Waals surface area contributed by atoms with Gasteiger partial charge in [-0.3, -0.25) is 0 Å². The molecule has 0 atom stereocenters. The summed E-state index contributed by atoms with van der Waals surface area (Å²) in [5.41, 5.74) is 44.9. The Morgan fingerprint density at radius 1 is 0.202 bits per heavy atom. The van der Waals surface area contributed by atoms with Gasteiger partial charge in [-0.2, -0.15) is 0 Å². The Hall–Kier alpha value is -8.98. The number of benzene rings is 11. The van der Waals surface area contributed by atoms with Gasteiger partial charge < -0.3 is 9.47 Å². The van der Waals surface area contributed by atoms with E-state index < -0.39 is 0 Å². The largest absolute Gasteiger partial charge is 0.457 e. The molecule has 0 unspecified atom stereocenters. The number of ether oxygens (including phenoxy) is 2. The first-order valence-electron chi connectivity index (χ1n) is 38.2. The fourth-order valence-corrected chi connectivity index (χ4v) is 15.3. The average Bonchev–Trinajstić information content (AvgIpc) is 0.772. The molecule has 0 N–H and O–H groups in total. The number of rotatable bonds is 13. The van der Waals surface area contributed by atoms with Crippen molar-refractivity contribution in [1.82, 2.24) is 0 Å². The van der Waals surface area contributed by atoms with Crippen LogP contribution in [-0.2, 0) is 0 Å². The summed E-state index contributed by atoms with van der Waals surface area (Å²) in [5, 5.41) is 0. The zero-order valence-electron chi connectivity index (χ0n) is 69.9. The molecule has 546 valence electrons. The van der Waals surface area contributed by atoms with E-state index >= 15 is 0 Å². The minimum Gasteiger partial charge on any atom is -0.457 e. The summed E-state index contributed by atoms with van der Waals surface area (Å²) in [6.07, 6.45) is 0. The van der Waals surface area contributed by atoms with E-state index in [-0.39, 0.29) is 0 Å². The fourth-order valence-electron chi connectivity index (χ4n) is 15.3. The van der Waals surface area contributed by atoms with Gasteiger partial charge in [-0.15, -0.1) is 0 Å². The lowest BCUT2D eigenvalue weighted by molar-refractivity contribution is 0.474. The third kappa shape index (κ3) is 21.6. The molecule has 0 fully saturated rings. The molecular formula is C102H126O2. The third-order valence-electron chi connectivity index (χ3n) is 20.4. The summed E-state index contributed by atoms with van der Waals surface area (Å²) < 4.78 is 12.8. The second-order valence-corrected chi connectivity index (χ2v) is 32.2. The van der Waals surface area contributed by atoms with Gasteiger partial charge in [-0.25, -0.2) is 0 Å². The fraction of sp³-hybridized carbons (Fsp3) is 0.353. The van der Waals surface area contributed by atoms with Gasteiger partial charge in [0.05, 0.1) is 0 Å². The maximum absolute atomic E-state index is 6.82. The van der Waals surface area contributed by atoms with Crippen LogP contribution < -0.4 is 9.47 Å². The van der Waals surface area contributed by atoms with Gasteiger partial charge in [0.2, 0.25) is 0 Å². The van der Waals surface area contributed by atoms with Crippen molar-refractivity contribution in [2.24, 2.45) is 0 Å². The topological polar surface area (TPSA) is 18.5 Å². The Bertz CT molecular complexity index is 4520. The van der Waals surface area contributed by atoms with Crippen molar-refractivity contribution in [3.05, 3.63) is 315 Å². The van der Waals surface area contributed by atoms with Crippen molar-refractivity contribution in [2.45, 2.75) is 244 Å². The minimum atomic E-state index is 0.407. The van der Waals surface area contributed by atoms with Crippen LogP contribution in [0.3, 0.4) is 0 Å². The summed E-state index contributed by atoms with van der Waals surface area (Å²) in [5.74, 6) is 6.43. The summed E-state index contributed by atoms with van der Waals surface area (Å²) in [6, 6.07) is 62.7. The van der Waals surface area contributed by atoms with E-state index in [2.05, 4.69) is 372 Å². The van der Waals surface area contributed by atoms with Gasteiger partial charge in [-0.05, 0) is 362 Å². The number of aryl methyl sites for hydroxylation is 20. The lowest BCUT2D eigenvalue weighted by Crippen LogP contribution is -1.99. The monoisotopic (exact) mass is 1380 g/mol. The van der Waals surface area contributed by atoms with Crippen molar-refractivity contribution < 1.29 is 9.47 Å². The molecule has 0 aliphatic rings. The van der Waals surface area contributed by atoms with Gasteiger partial charge in [0.15, 0.2) is 0 Å². The zero-order valence-corrected chi connectivity index (χ0v) is 69.9. The maximum atomic E-state index is 6.82. The minimum absolute atomic E-state index is 0.407. The zero-order chi connectivity index (χ0) is 77.0. The molecule has 0 amide bonds. The lowest BCUT2D eigenvalue weighted by Gasteiger charge is -2.22. The molecule has 0 aliphatic heterocycles. The first kappa shape index (κ1) is 82.3. The van der Waals surface area contributed by atoms with Crippen molar-refractivity contribution in [3.63, 3.8) is 0 Å². The van der Waals surface area contributed by atoms with Crippen LogP contribution in [0.5, 0.6) is 23.0 Å². The second-order valence-electron chi connectivity index (χ2n) is 32.2. The van der Waals surface area contributed by atoms with Gasteiger partial charge in [0, 0.05) is 11.1 Å². The summed E-state index contributed by atoms with van der Waals surface area (Å²) >= 11 is 0. The van der Waals surface area contributed by atoms with Crippen LogP contribution in [0.1, 0.15) is 243 Å². The lowest BCUT2D eigenvalue weighted by atomic mass is 9.86. The number of hydrogen-bond donors (Lipinski definition) is 0. The first-order chi connectivity index (χ1) is 48.8. The third-order valence-corrected chi connectivity index (χ3v) is 20.4. The Kier molecular flexibility index (Phi) is 28.6. The summed E-state index contributed by atoms with van der Waals surface area (Å²) in [4.78, 5) is 0. The van der Waals surface area contributed by atoms with Crippen LogP contribution in [0.25, 0.3) is 44.5 Å². The molecule has 104 heavy (non-hydrogen) atoms. The van der Waals surface area contributed by atoms with Crippen molar-refractivity contribution >= 4 is 0 Å². The molecule has 0 radical (unpaired) electrons. The molecule has 0 heterocycles. The summed E-state index contributed by atoms with van der Waals surface area (Å²) in [7, 11) is 0. The highest BCUT2D eigenvalue weighted by atomic mass is 16.5. The van der Waals surface area contributed by atoms with Crippen molar-refractivity contribution in [2.75, 3.05) is 0 Å². The van der Waals surface area contributed by atoms with E-state index in [0.29, 0.717) is 29.6 Å². The Morgan fingerprint density at radius 2 is 0.519 bits per heavy atom. The van der Waals surface area contributed by atoms with Crippen molar-refractivity contribution in [1.29, 1.82) is 0 Å². The van der Waals surface area contributed by atoms with E-state index in [1.54, 1.807) is 0 Å². The smallest absolute Gasteiger partial charge is 0.143 e. The molecule has 0 saturated heterocycles. The molecule has 0 spiro atoms. The molecule has 0 bridgehead atoms. The highest BCUT2D eigenvalue weighted by Crippen LogP contribution is 2.47. The van der Waals surface area contributed by atoms with Crippen LogP contribution in [0.4, 0.5) is 0 Å². The predicted octanol–water partition coefficient (Wildman–Crippen LogP) is 30.8. The van der Waals surface area contributed by atoms with Crippen LogP contribution in [0.15, 0.2) is 170 Å². The molecule has 0 aliphatic carbocycles. The Morgan fingerprint density at radius 3 is 0.875 bits per heavy atom. The Balaban J connectivity index is 0.000000193. The van der Waals surface area contributed by atoms with Crippen molar-refractivity contribution in [3.8, 4) is 67.5 Å². The predicted molar refractivity (Wildman–Crippen MR) is 457 cm³/mol. The van der Waals surface area contributed by atoms with E-state index in [1.165, 1.54) is 178 Å².